The zero-order chi connectivity index (χ0) is 15.5. The lowest BCUT2D eigenvalue weighted by molar-refractivity contribution is 0.0246. The van der Waals surface area contributed by atoms with Crippen LogP contribution in [-0.4, -0.2) is 23.2 Å². The third kappa shape index (κ3) is 4.25. The summed E-state index contributed by atoms with van der Waals surface area (Å²) in [6.45, 7) is 0.217. The Hall–Kier alpha value is -0.970. The van der Waals surface area contributed by atoms with Gasteiger partial charge in [-0.1, -0.05) is 48.9 Å². The summed E-state index contributed by atoms with van der Waals surface area (Å²) >= 11 is 12.0. The van der Waals surface area contributed by atoms with Gasteiger partial charge in [0.25, 0.3) is 5.91 Å². The van der Waals surface area contributed by atoms with Crippen molar-refractivity contribution < 1.29 is 9.90 Å². The number of benzene rings is 1. The molecule has 0 radical (unpaired) electrons. The number of rotatable bonds is 3. The molecule has 0 heterocycles. The monoisotopic (exact) mass is 330 g/mol. The van der Waals surface area contributed by atoms with Crippen LogP contribution in [0.2, 0.25) is 10.0 Å². The zero-order valence-corrected chi connectivity index (χ0v) is 13.3. The van der Waals surface area contributed by atoms with E-state index in [1.165, 1.54) is 12.1 Å². The SMILES string of the molecule is Nc1cc(Cl)c(Cl)c(C(=O)NCC2(O)CCCCCC2)c1. The molecular formula is C15H20Cl2N2O2. The van der Waals surface area contributed by atoms with Gasteiger partial charge in [-0.05, 0) is 25.0 Å². The predicted octanol–water partition coefficient (Wildman–Crippen LogP) is 3.39. The van der Waals surface area contributed by atoms with Crippen LogP contribution < -0.4 is 11.1 Å². The molecule has 0 spiro atoms. The number of amides is 1. The first kappa shape index (κ1) is 16.4. The standard InChI is InChI=1S/C15H20Cl2N2O2/c16-12-8-10(18)7-11(13(12)17)14(20)19-9-15(21)5-3-1-2-4-6-15/h7-8,21H,1-6,9,18H2,(H,19,20). The molecule has 1 aromatic carbocycles. The first-order chi connectivity index (χ1) is 9.91. The second-order valence-electron chi connectivity index (χ2n) is 5.69. The normalized spacial score (nSPS) is 18.0. The maximum absolute atomic E-state index is 12.2. The predicted molar refractivity (Wildman–Crippen MR) is 85.9 cm³/mol. The van der Waals surface area contributed by atoms with Gasteiger partial charge in [0.15, 0.2) is 0 Å². The molecule has 4 N–H and O–H groups in total. The van der Waals surface area contributed by atoms with E-state index in [1.54, 1.807) is 0 Å². The van der Waals surface area contributed by atoms with Crippen LogP contribution in [0.4, 0.5) is 5.69 Å². The minimum absolute atomic E-state index is 0.177. The van der Waals surface area contributed by atoms with Gasteiger partial charge in [-0.25, -0.2) is 0 Å². The van der Waals surface area contributed by atoms with E-state index in [4.69, 9.17) is 28.9 Å². The van der Waals surface area contributed by atoms with E-state index in [9.17, 15) is 9.90 Å². The second kappa shape index (κ2) is 6.86. The highest BCUT2D eigenvalue weighted by molar-refractivity contribution is 6.44. The number of hydrogen-bond donors (Lipinski definition) is 3. The van der Waals surface area contributed by atoms with Crippen molar-refractivity contribution >= 4 is 34.8 Å². The largest absolute Gasteiger partial charge is 0.399 e. The number of nitrogens with two attached hydrogens (primary N) is 1. The van der Waals surface area contributed by atoms with Crippen molar-refractivity contribution in [2.45, 2.75) is 44.1 Å². The number of anilines is 1. The van der Waals surface area contributed by atoms with Crippen LogP contribution in [0.15, 0.2) is 12.1 Å². The molecule has 1 amide bonds. The van der Waals surface area contributed by atoms with E-state index in [2.05, 4.69) is 5.32 Å². The highest BCUT2D eigenvalue weighted by Crippen LogP contribution is 2.29. The van der Waals surface area contributed by atoms with Gasteiger partial charge in [-0.15, -0.1) is 0 Å². The molecule has 4 nitrogen and oxygen atoms in total. The van der Waals surface area contributed by atoms with Gasteiger partial charge in [0.2, 0.25) is 0 Å². The van der Waals surface area contributed by atoms with Crippen LogP contribution >= 0.6 is 23.2 Å². The summed E-state index contributed by atoms with van der Waals surface area (Å²) in [5.74, 6) is -0.369. The summed E-state index contributed by atoms with van der Waals surface area (Å²) in [4.78, 5) is 12.2. The van der Waals surface area contributed by atoms with E-state index >= 15 is 0 Å². The average molecular weight is 331 g/mol. The molecule has 0 bridgehead atoms. The van der Waals surface area contributed by atoms with Crippen LogP contribution in [-0.2, 0) is 0 Å². The van der Waals surface area contributed by atoms with E-state index in [0.717, 1.165) is 25.7 Å². The fourth-order valence-electron chi connectivity index (χ4n) is 2.68. The Morgan fingerprint density at radius 2 is 1.86 bits per heavy atom. The van der Waals surface area contributed by atoms with Gasteiger partial charge < -0.3 is 16.2 Å². The Morgan fingerprint density at radius 3 is 2.48 bits per heavy atom. The first-order valence-electron chi connectivity index (χ1n) is 7.16. The van der Waals surface area contributed by atoms with Gasteiger partial charge >= 0.3 is 0 Å². The van der Waals surface area contributed by atoms with Gasteiger partial charge in [-0.2, -0.15) is 0 Å². The van der Waals surface area contributed by atoms with Gasteiger partial charge in [0.1, 0.15) is 0 Å². The molecule has 0 aromatic heterocycles. The molecule has 0 aliphatic heterocycles. The number of halogens is 2. The molecule has 116 valence electrons. The number of carbonyl (C=O) groups is 1. The van der Waals surface area contributed by atoms with E-state index in [1.807, 2.05) is 0 Å². The number of nitrogens with one attached hydrogen (secondary N) is 1. The molecule has 21 heavy (non-hydrogen) atoms. The summed E-state index contributed by atoms with van der Waals surface area (Å²) < 4.78 is 0. The molecule has 0 unspecified atom stereocenters. The van der Waals surface area contributed by atoms with E-state index < -0.39 is 5.60 Å². The van der Waals surface area contributed by atoms with Crippen molar-refractivity contribution in [2.24, 2.45) is 0 Å². The van der Waals surface area contributed by atoms with Crippen molar-refractivity contribution in [3.05, 3.63) is 27.7 Å². The van der Waals surface area contributed by atoms with Crippen molar-refractivity contribution in [3.63, 3.8) is 0 Å². The number of hydrogen-bond acceptors (Lipinski definition) is 3. The van der Waals surface area contributed by atoms with Gasteiger partial charge in [-0.3, -0.25) is 4.79 Å². The number of nitrogen functional groups attached to an aromatic ring is 1. The van der Waals surface area contributed by atoms with Gasteiger partial charge in [0.05, 0.1) is 21.2 Å². The molecule has 1 aliphatic rings. The lowest BCUT2D eigenvalue weighted by Crippen LogP contribution is -2.42. The van der Waals surface area contributed by atoms with Crippen LogP contribution in [0.25, 0.3) is 0 Å². The number of aliphatic hydroxyl groups is 1. The van der Waals surface area contributed by atoms with Gasteiger partial charge in [0, 0.05) is 12.2 Å². The van der Waals surface area contributed by atoms with Crippen LogP contribution in [0.1, 0.15) is 48.9 Å². The molecular weight excluding hydrogens is 311 g/mol. The maximum Gasteiger partial charge on any atom is 0.253 e. The van der Waals surface area contributed by atoms with Crippen molar-refractivity contribution in [3.8, 4) is 0 Å². The summed E-state index contributed by atoms with van der Waals surface area (Å²) in [7, 11) is 0. The first-order valence-corrected chi connectivity index (χ1v) is 7.92. The summed E-state index contributed by atoms with van der Waals surface area (Å²) in [5, 5.41) is 13.7. The van der Waals surface area contributed by atoms with Crippen molar-refractivity contribution in [1.29, 1.82) is 0 Å². The highest BCUT2D eigenvalue weighted by atomic mass is 35.5. The fraction of sp³-hybridized carbons (Fsp3) is 0.533. The van der Waals surface area contributed by atoms with Crippen molar-refractivity contribution in [2.75, 3.05) is 12.3 Å². The van der Waals surface area contributed by atoms with Crippen LogP contribution in [0.5, 0.6) is 0 Å². The molecule has 1 aliphatic carbocycles. The Morgan fingerprint density at radius 1 is 1.24 bits per heavy atom. The third-order valence-electron chi connectivity index (χ3n) is 3.91. The Labute approximate surface area is 134 Å². The van der Waals surface area contributed by atoms with Crippen LogP contribution in [0.3, 0.4) is 0 Å². The molecule has 0 atom stereocenters. The maximum atomic E-state index is 12.2. The van der Waals surface area contributed by atoms with E-state index in [-0.39, 0.29) is 28.1 Å². The molecule has 1 saturated carbocycles. The third-order valence-corrected chi connectivity index (χ3v) is 4.71. The summed E-state index contributed by atoms with van der Waals surface area (Å²) in [6, 6.07) is 2.99. The van der Waals surface area contributed by atoms with E-state index in [0.29, 0.717) is 18.5 Å². The Balaban J connectivity index is 2.05. The molecule has 1 fully saturated rings. The lowest BCUT2D eigenvalue weighted by atomic mass is 9.94. The average Bonchev–Trinajstić information content (AvgIpc) is 2.65. The smallest absolute Gasteiger partial charge is 0.253 e. The van der Waals surface area contributed by atoms with Crippen molar-refractivity contribution in [1.82, 2.24) is 5.32 Å². The zero-order valence-electron chi connectivity index (χ0n) is 11.8. The number of carbonyl (C=O) groups excluding carboxylic acids is 1. The van der Waals surface area contributed by atoms with Crippen LogP contribution in [0, 0.1) is 0 Å². The second-order valence-corrected chi connectivity index (χ2v) is 6.47. The minimum Gasteiger partial charge on any atom is -0.399 e. The Kier molecular flexibility index (Phi) is 5.36. The Bertz CT molecular complexity index is 527. The molecule has 1 aromatic rings. The highest BCUT2D eigenvalue weighted by Gasteiger charge is 2.28. The molecule has 0 saturated heterocycles. The minimum atomic E-state index is -0.831. The molecule has 2 rings (SSSR count). The summed E-state index contributed by atoms with van der Waals surface area (Å²) in [5.41, 5.74) is 5.46. The quantitative estimate of drug-likeness (QED) is 0.587. The summed E-state index contributed by atoms with van der Waals surface area (Å²) in [6.07, 6.45) is 5.64. The fourth-order valence-corrected chi connectivity index (χ4v) is 3.10. The molecule has 6 heteroatoms. The topological polar surface area (TPSA) is 75.4 Å². The lowest BCUT2D eigenvalue weighted by Gasteiger charge is -2.26.